The van der Waals surface area contributed by atoms with Crippen LogP contribution in [0.1, 0.15) is 38.5 Å². The normalized spacial score (nSPS) is 22.5. The van der Waals surface area contributed by atoms with Crippen LogP contribution in [0.3, 0.4) is 0 Å². The van der Waals surface area contributed by atoms with Crippen LogP contribution in [0.5, 0.6) is 0 Å². The molecule has 5 nitrogen and oxygen atoms in total. The van der Waals surface area contributed by atoms with E-state index in [-0.39, 0.29) is 17.9 Å². The van der Waals surface area contributed by atoms with Gasteiger partial charge < -0.3 is 9.80 Å². The van der Waals surface area contributed by atoms with Crippen molar-refractivity contribution in [2.24, 2.45) is 5.92 Å². The maximum atomic E-state index is 12.8. The number of thiophene rings is 1. The molecule has 2 aliphatic rings. The number of likely N-dealkylation sites (tertiary alicyclic amines) is 2. The van der Waals surface area contributed by atoms with Gasteiger partial charge in [-0.3, -0.25) is 10.1 Å². The fourth-order valence-electron chi connectivity index (χ4n) is 3.45. The van der Waals surface area contributed by atoms with Crippen LogP contribution in [0, 0.1) is 5.92 Å². The van der Waals surface area contributed by atoms with Crippen molar-refractivity contribution in [3.63, 3.8) is 0 Å². The maximum Gasteiger partial charge on any atom is 0.322 e. The number of nitrogens with one attached hydrogen (secondary N) is 1. The second-order valence-corrected chi connectivity index (χ2v) is 7.38. The minimum absolute atomic E-state index is 0.0315. The van der Waals surface area contributed by atoms with Crippen LogP contribution in [0.25, 0.3) is 0 Å². The molecule has 0 radical (unpaired) electrons. The molecular formula is C17H25N3O2S. The van der Waals surface area contributed by atoms with Gasteiger partial charge in [-0.15, -0.1) is 11.3 Å². The van der Waals surface area contributed by atoms with Gasteiger partial charge in [0, 0.05) is 26.2 Å². The Morgan fingerprint density at radius 3 is 2.48 bits per heavy atom. The van der Waals surface area contributed by atoms with Crippen LogP contribution in [0.4, 0.5) is 9.80 Å². The first-order chi connectivity index (χ1) is 11.2. The average molecular weight is 335 g/mol. The monoisotopic (exact) mass is 335 g/mol. The summed E-state index contributed by atoms with van der Waals surface area (Å²) in [6, 6.07) is 3.73. The Morgan fingerprint density at radius 2 is 1.78 bits per heavy atom. The van der Waals surface area contributed by atoms with Gasteiger partial charge in [0.1, 0.15) is 0 Å². The summed E-state index contributed by atoms with van der Waals surface area (Å²) in [5, 5.41) is 5.72. The number of carbonyl (C=O) groups is 2. The lowest BCUT2D eigenvalue weighted by molar-refractivity contribution is -0.136. The number of piperidine rings is 1. The minimum Gasteiger partial charge on any atom is -0.342 e. The summed E-state index contributed by atoms with van der Waals surface area (Å²) in [4.78, 5) is 28.9. The second-order valence-electron chi connectivity index (χ2n) is 6.43. The SMILES string of the molecule is O=C(Nc1cccs1)N1CCCC(C(=O)N2CCCCCC2)C1. The lowest BCUT2D eigenvalue weighted by Crippen LogP contribution is -2.48. The molecule has 2 saturated heterocycles. The highest BCUT2D eigenvalue weighted by molar-refractivity contribution is 7.14. The summed E-state index contributed by atoms with van der Waals surface area (Å²) in [6.45, 7) is 3.06. The zero-order valence-electron chi connectivity index (χ0n) is 13.5. The van der Waals surface area contributed by atoms with Gasteiger partial charge in [0.2, 0.25) is 5.91 Å². The van der Waals surface area contributed by atoms with Crippen LogP contribution in [0.2, 0.25) is 0 Å². The van der Waals surface area contributed by atoms with Crippen LogP contribution >= 0.6 is 11.3 Å². The molecule has 6 heteroatoms. The van der Waals surface area contributed by atoms with Gasteiger partial charge in [-0.1, -0.05) is 12.8 Å². The average Bonchev–Trinajstić information content (AvgIpc) is 2.94. The molecule has 3 rings (SSSR count). The predicted octanol–water partition coefficient (Wildman–Crippen LogP) is 3.39. The summed E-state index contributed by atoms with van der Waals surface area (Å²) in [5.74, 6) is 0.219. The number of hydrogen-bond donors (Lipinski definition) is 1. The third-order valence-electron chi connectivity index (χ3n) is 4.73. The highest BCUT2D eigenvalue weighted by Crippen LogP contribution is 2.22. The summed E-state index contributed by atoms with van der Waals surface area (Å²) in [7, 11) is 0. The van der Waals surface area contributed by atoms with Crippen molar-refractivity contribution in [1.82, 2.24) is 9.80 Å². The largest absolute Gasteiger partial charge is 0.342 e. The highest BCUT2D eigenvalue weighted by Gasteiger charge is 2.31. The van der Waals surface area contributed by atoms with Gasteiger partial charge in [-0.2, -0.15) is 0 Å². The number of hydrogen-bond acceptors (Lipinski definition) is 3. The van der Waals surface area contributed by atoms with E-state index in [0.29, 0.717) is 6.54 Å². The summed E-state index contributed by atoms with van der Waals surface area (Å²) < 4.78 is 0. The maximum absolute atomic E-state index is 12.8. The van der Waals surface area contributed by atoms with E-state index in [4.69, 9.17) is 0 Å². The molecule has 2 fully saturated rings. The number of nitrogens with zero attached hydrogens (tertiary/aromatic N) is 2. The van der Waals surface area contributed by atoms with Crippen LogP contribution in [-0.4, -0.2) is 47.9 Å². The molecule has 3 heterocycles. The summed E-state index contributed by atoms with van der Waals surface area (Å²) in [5.41, 5.74) is 0. The molecule has 23 heavy (non-hydrogen) atoms. The minimum atomic E-state index is -0.0826. The molecule has 2 aliphatic heterocycles. The Morgan fingerprint density at radius 1 is 1.04 bits per heavy atom. The summed E-state index contributed by atoms with van der Waals surface area (Å²) in [6.07, 6.45) is 6.48. The van der Waals surface area contributed by atoms with Gasteiger partial charge in [0.25, 0.3) is 0 Å². The molecule has 0 saturated carbocycles. The number of urea groups is 1. The molecule has 1 aromatic heterocycles. The first kappa shape index (κ1) is 16.3. The molecule has 0 aromatic carbocycles. The molecule has 0 spiro atoms. The van der Waals surface area contributed by atoms with Gasteiger partial charge in [-0.05, 0) is 43.2 Å². The Labute approximate surface area is 141 Å². The van der Waals surface area contributed by atoms with Crippen LogP contribution < -0.4 is 5.32 Å². The Kier molecular flexibility index (Phi) is 5.54. The fraction of sp³-hybridized carbons (Fsp3) is 0.647. The van der Waals surface area contributed by atoms with Crippen molar-refractivity contribution >= 4 is 28.3 Å². The van der Waals surface area contributed by atoms with Gasteiger partial charge in [0.05, 0.1) is 10.9 Å². The smallest absolute Gasteiger partial charge is 0.322 e. The number of amides is 3. The molecular weight excluding hydrogens is 310 g/mol. The standard InChI is InChI=1S/C17H25N3O2S/c21-16(19-9-3-1-2-4-10-19)14-7-5-11-20(13-14)17(22)18-15-8-6-12-23-15/h6,8,12,14H,1-5,7,9-11,13H2,(H,18,22). The number of rotatable bonds is 2. The first-order valence-electron chi connectivity index (χ1n) is 8.62. The zero-order chi connectivity index (χ0) is 16.1. The molecule has 0 aliphatic carbocycles. The molecule has 1 unspecified atom stereocenters. The van der Waals surface area contributed by atoms with Crippen molar-refractivity contribution in [3.8, 4) is 0 Å². The highest BCUT2D eigenvalue weighted by atomic mass is 32.1. The van der Waals surface area contributed by atoms with E-state index in [9.17, 15) is 9.59 Å². The van der Waals surface area contributed by atoms with Gasteiger partial charge in [0.15, 0.2) is 0 Å². The predicted molar refractivity (Wildman–Crippen MR) is 92.7 cm³/mol. The topological polar surface area (TPSA) is 52.7 Å². The van der Waals surface area contributed by atoms with E-state index in [1.54, 1.807) is 4.90 Å². The summed E-state index contributed by atoms with van der Waals surface area (Å²) >= 11 is 1.51. The van der Waals surface area contributed by atoms with Crippen molar-refractivity contribution in [2.45, 2.75) is 38.5 Å². The van der Waals surface area contributed by atoms with Gasteiger partial charge in [-0.25, -0.2) is 4.79 Å². The molecule has 1 N–H and O–H groups in total. The second kappa shape index (κ2) is 7.81. The Bertz CT molecular complexity index is 524. The Balaban J connectivity index is 1.56. The lowest BCUT2D eigenvalue weighted by Gasteiger charge is -2.34. The van der Waals surface area contributed by atoms with Crippen molar-refractivity contribution in [2.75, 3.05) is 31.5 Å². The van der Waals surface area contributed by atoms with Crippen LogP contribution in [-0.2, 0) is 4.79 Å². The Hall–Kier alpha value is -1.56. The van der Waals surface area contributed by atoms with E-state index in [0.717, 1.165) is 50.3 Å². The van der Waals surface area contributed by atoms with Crippen molar-refractivity contribution < 1.29 is 9.59 Å². The lowest BCUT2D eigenvalue weighted by atomic mass is 9.96. The number of carbonyl (C=O) groups excluding carboxylic acids is 2. The van der Waals surface area contributed by atoms with Crippen LogP contribution in [0.15, 0.2) is 17.5 Å². The number of anilines is 1. The molecule has 126 valence electrons. The van der Waals surface area contributed by atoms with E-state index in [2.05, 4.69) is 5.32 Å². The van der Waals surface area contributed by atoms with E-state index in [1.807, 2.05) is 22.4 Å². The third-order valence-corrected chi connectivity index (χ3v) is 5.51. The first-order valence-corrected chi connectivity index (χ1v) is 9.50. The zero-order valence-corrected chi connectivity index (χ0v) is 14.3. The van der Waals surface area contributed by atoms with E-state index < -0.39 is 0 Å². The van der Waals surface area contributed by atoms with Crippen molar-refractivity contribution in [3.05, 3.63) is 17.5 Å². The molecule has 1 aromatic rings. The third kappa shape index (κ3) is 4.25. The van der Waals surface area contributed by atoms with E-state index >= 15 is 0 Å². The van der Waals surface area contributed by atoms with Crippen molar-refractivity contribution in [1.29, 1.82) is 0 Å². The molecule has 0 bridgehead atoms. The van der Waals surface area contributed by atoms with Gasteiger partial charge >= 0.3 is 6.03 Å². The quantitative estimate of drug-likeness (QED) is 0.900. The molecule has 3 amide bonds. The fourth-order valence-corrected chi connectivity index (χ4v) is 4.05. The molecule has 1 atom stereocenters. The van der Waals surface area contributed by atoms with E-state index in [1.165, 1.54) is 24.2 Å².